The summed E-state index contributed by atoms with van der Waals surface area (Å²) in [7, 11) is 1.65. The average molecular weight is 406 g/mol. The fraction of sp³-hybridized carbons (Fsp3) is 0.391. The van der Waals surface area contributed by atoms with Crippen molar-refractivity contribution >= 4 is 0 Å². The summed E-state index contributed by atoms with van der Waals surface area (Å²) in [6.45, 7) is 6.55. The van der Waals surface area contributed by atoms with Crippen LogP contribution in [0.4, 0.5) is 0 Å². The Balaban J connectivity index is 1.13. The summed E-state index contributed by atoms with van der Waals surface area (Å²) >= 11 is 0. The van der Waals surface area contributed by atoms with Crippen molar-refractivity contribution in [3.05, 3.63) is 59.5 Å². The molecule has 0 radical (unpaired) electrons. The lowest BCUT2D eigenvalue weighted by Crippen LogP contribution is -2.45. The molecule has 0 saturated carbocycles. The molecule has 0 spiro atoms. The summed E-state index contributed by atoms with van der Waals surface area (Å²) in [5.74, 6) is 3.07. The van der Waals surface area contributed by atoms with Gasteiger partial charge in [-0.3, -0.25) is 9.80 Å². The van der Waals surface area contributed by atoms with Gasteiger partial charge >= 0.3 is 0 Å². The van der Waals surface area contributed by atoms with Gasteiger partial charge in [0.25, 0.3) is 0 Å². The first-order valence-electron chi connectivity index (χ1n) is 10.4. The summed E-state index contributed by atoms with van der Waals surface area (Å²) in [4.78, 5) is 4.88. The predicted octanol–water partition coefficient (Wildman–Crippen LogP) is 3.00. The lowest BCUT2D eigenvalue weighted by molar-refractivity contribution is 0.114. The number of benzene rings is 2. The number of methoxy groups -OCH3 is 1. The number of ether oxygens (including phenoxy) is 2. The number of fused-ring (bicyclic) bond motifs is 1. The first-order chi connectivity index (χ1) is 14.8. The molecule has 2 aliphatic heterocycles. The fourth-order valence-corrected chi connectivity index (χ4v) is 4.06. The van der Waals surface area contributed by atoms with E-state index in [0.29, 0.717) is 18.3 Å². The van der Waals surface area contributed by atoms with Crippen LogP contribution in [0.1, 0.15) is 17.0 Å². The Morgan fingerprint density at radius 3 is 2.47 bits per heavy atom. The highest BCUT2D eigenvalue weighted by atomic mass is 16.5. The molecule has 2 aromatic carbocycles. The highest BCUT2D eigenvalue weighted by molar-refractivity contribution is 5.53. The van der Waals surface area contributed by atoms with Crippen LogP contribution in [0, 0.1) is 0 Å². The average Bonchev–Trinajstić information content (AvgIpc) is 3.44. The van der Waals surface area contributed by atoms with Crippen LogP contribution in [0.15, 0.2) is 46.9 Å². The van der Waals surface area contributed by atoms with Crippen LogP contribution in [-0.4, -0.2) is 59.9 Å². The second kappa shape index (κ2) is 8.45. The summed E-state index contributed by atoms with van der Waals surface area (Å²) in [5, 5.41) is 8.44. The Bertz CT molecular complexity index is 994. The molecule has 0 bridgehead atoms. The molecule has 1 aromatic heterocycles. The molecule has 0 N–H and O–H groups in total. The molecule has 0 aliphatic carbocycles. The zero-order chi connectivity index (χ0) is 20.3. The third-order valence-electron chi connectivity index (χ3n) is 5.79. The second-order valence-electron chi connectivity index (χ2n) is 7.82. The van der Waals surface area contributed by atoms with Crippen LogP contribution in [0.3, 0.4) is 0 Å². The number of rotatable bonds is 6. The van der Waals surface area contributed by atoms with Crippen molar-refractivity contribution in [2.45, 2.75) is 19.5 Å². The highest BCUT2D eigenvalue weighted by Gasteiger charge is 2.20. The minimum atomic E-state index is 0.548. The molecule has 0 unspecified atom stereocenters. The number of piperazine rings is 1. The largest absolute Gasteiger partial charge is 0.497 e. The van der Waals surface area contributed by atoms with E-state index >= 15 is 0 Å². The van der Waals surface area contributed by atoms with Crippen molar-refractivity contribution < 1.29 is 13.9 Å². The van der Waals surface area contributed by atoms with Crippen LogP contribution in [0.5, 0.6) is 11.5 Å². The van der Waals surface area contributed by atoms with Gasteiger partial charge in [0.1, 0.15) is 11.5 Å². The molecule has 2 aliphatic rings. The lowest BCUT2D eigenvalue weighted by Gasteiger charge is -2.34. The first-order valence-corrected chi connectivity index (χ1v) is 10.4. The monoisotopic (exact) mass is 406 g/mol. The van der Waals surface area contributed by atoms with Crippen molar-refractivity contribution in [2.24, 2.45) is 0 Å². The predicted molar refractivity (Wildman–Crippen MR) is 112 cm³/mol. The molecular weight excluding hydrogens is 380 g/mol. The van der Waals surface area contributed by atoms with E-state index in [1.165, 1.54) is 11.1 Å². The Morgan fingerprint density at radius 1 is 0.933 bits per heavy atom. The molecule has 0 atom stereocenters. The van der Waals surface area contributed by atoms with E-state index < -0.39 is 0 Å². The molecular formula is C23H26N4O3. The van der Waals surface area contributed by atoms with Gasteiger partial charge in [0.15, 0.2) is 0 Å². The van der Waals surface area contributed by atoms with E-state index in [1.807, 2.05) is 24.3 Å². The molecule has 7 heteroatoms. The maximum absolute atomic E-state index is 5.88. The van der Waals surface area contributed by atoms with Gasteiger partial charge in [0.2, 0.25) is 11.8 Å². The van der Waals surface area contributed by atoms with Gasteiger partial charge in [-0.2, -0.15) is 0 Å². The van der Waals surface area contributed by atoms with Crippen molar-refractivity contribution in [2.75, 3.05) is 39.9 Å². The summed E-state index contributed by atoms with van der Waals surface area (Å²) < 4.78 is 16.7. The minimum absolute atomic E-state index is 0.548. The molecule has 3 aromatic rings. The van der Waals surface area contributed by atoms with E-state index in [0.717, 1.165) is 62.8 Å². The number of aromatic nitrogens is 2. The molecule has 1 saturated heterocycles. The van der Waals surface area contributed by atoms with Crippen molar-refractivity contribution in [1.29, 1.82) is 0 Å². The second-order valence-corrected chi connectivity index (χ2v) is 7.82. The topological polar surface area (TPSA) is 63.9 Å². The zero-order valence-corrected chi connectivity index (χ0v) is 17.2. The first kappa shape index (κ1) is 19.1. The molecule has 5 rings (SSSR count). The molecule has 3 heterocycles. The maximum Gasteiger partial charge on any atom is 0.247 e. The van der Waals surface area contributed by atoms with Crippen LogP contribution in [0.25, 0.3) is 11.5 Å². The quantitative estimate of drug-likeness (QED) is 0.624. The van der Waals surface area contributed by atoms with Crippen LogP contribution in [-0.2, 0) is 19.5 Å². The molecule has 0 amide bonds. The van der Waals surface area contributed by atoms with Gasteiger partial charge in [-0.25, -0.2) is 0 Å². The van der Waals surface area contributed by atoms with Gasteiger partial charge in [-0.15, -0.1) is 10.2 Å². The Morgan fingerprint density at radius 2 is 1.70 bits per heavy atom. The standard InChI is InChI=1S/C23H26N4O3/c1-28-20-5-3-18(4-6-20)23-25-24-22(30-23)16-27-11-9-26(10-12-27)15-17-2-7-21-19(14-17)8-13-29-21/h2-7,14H,8-13,15-16H2,1H3. The summed E-state index contributed by atoms with van der Waals surface area (Å²) in [6, 6.07) is 14.3. The third-order valence-corrected chi connectivity index (χ3v) is 5.79. The van der Waals surface area contributed by atoms with E-state index in [-0.39, 0.29) is 0 Å². The van der Waals surface area contributed by atoms with Gasteiger partial charge < -0.3 is 13.9 Å². The van der Waals surface area contributed by atoms with E-state index in [2.05, 4.69) is 38.2 Å². The van der Waals surface area contributed by atoms with Crippen LogP contribution < -0.4 is 9.47 Å². The number of hydrogen-bond acceptors (Lipinski definition) is 7. The van der Waals surface area contributed by atoms with Gasteiger partial charge in [-0.1, -0.05) is 12.1 Å². The zero-order valence-electron chi connectivity index (χ0n) is 17.2. The summed E-state index contributed by atoms with van der Waals surface area (Å²) in [6.07, 6.45) is 1.03. The fourth-order valence-electron chi connectivity index (χ4n) is 4.06. The smallest absolute Gasteiger partial charge is 0.247 e. The van der Waals surface area contributed by atoms with E-state index in [4.69, 9.17) is 13.9 Å². The van der Waals surface area contributed by atoms with Crippen molar-refractivity contribution in [3.8, 4) is 23.0 Å². The molecule has 30 heavy (non-hydrogen) atoms. The van der Waals surface area contributed by atoms with E-state index in [9.17, 15) is 0 Å². The minimum Gasteiger partial charge on any atom is -0.497 e. The Labute approximate surface area is 176 Å². The lowest BCUT2D eigenvalue weighted by atomic mass is 10.1. The Hall–Kier alpha value is -2.90. The van der Waals surface area contributed by atoms with Gasteiger partial charge in [0.05, 0.1) is 20.3 Å². The van der Waals surface area contributed by atoms with Gasteiger partial charge in [0, 0.05) is 44.7 Å². The SMILES string of the molecule is COc1ccc(-c2nnc(CN3CCN(Cc4ccc5c(c4)CCO5)CC3)o2)cc1. The number of hydrogen-bond donors (Lipinski definition) is 0. The van der Waals surface area contributed by atoms with Gasteiger partial charge in [-0.05, 0) is 41.5 Å². The highest BCUT2D eigenvalue weighted by Crippen LogP contribution is 2.26. The van der Waals surface area contributed by atoms with Crippen molar-refractivity contribution in [1.82, 2.24) is 20.0 Å². The maximum atomic E-state index is 5.88. The van der Waals surface area contributed by atoms with Crippen molar-refractivity contribution in [3.63, 3.8) is 0 Å². The third kappa shape index (κ3) is 4.17. The number of nitrogens with zero attached hydrogens (tertiary/aromatic N) is 4. The van der Waals surface area contributed by atoms with Crippen LogP contribution in [0.2, 0.25) is 0 Å². The normalized spacial score (nSPS) is 17.0. The van der Waals surface area contributed by atoms with Crippen LogP contribution >= 0.6 is 0 Å². The molecule has 1 fully saturated rings. The van der Waals surface area contributed by atoms with E-state index in [1.54, 1.807) is 7.11 Å². The molecule has 156 valence electrons. The summed E-state index contributed by atoms with van der Waals surface area (Å²) in [5.41, 5.74) is 3.61. The molecule has 7 nitrogen and oxygen atoms in total. The Kier molecular flexibility index (Phi) is 5.38.